The second-order valence-electron chi connectivity index (χ2n) is 4.93. The zero-order chi connectivity index (χ0) is 14.8. The first-order chi connectivity index (χ1) is 9.46. The number of carbonyl (C=O) groups is 1. The summed E-state index contributed by atoms with van der Waals surface area (Å²) in [5, 5.41) is 12.5. The maximum Gasteiger partial charge on any atom is 0.262 e. The zero-order valence-electron chi connectivity index (χ0n) is 11.5. The highest BCUT2D eigenvalue weighted by Gasteiger charge is 2.28. The summed E-state index contributed by atoms with van der Waals surface area (Å²) >= 11 is 1.35. The van der Waals surface area contributed by atoms with Crippen LogP contribution in [0.1, 0.15) is 27.0 Å². The lowest BCUT2D eigenvalue weighted by atomic mass is 9.93. The highest BCUT2D eigenvalue weighted by molar-refractivity contribution is 7.14. The predicted octanol–water partition coefficient (Wildman–Crippen LogP) is 2.28. The van der Waals surface area contributed by atoms with Crippen molar-refractivity contribution in [3.63, 3.8) is 0 Å². The number of hydrogen-bond acceptors (Lipinski definition) is 4. The Kier molecular flexibility index (Phi) is 4.11. The topological polar surface area (TPSA) is 75.3 Å². The molecule has 1 atom stereocenters. The molecule has 5 heteroatoms. The van der Waals surface area contributed by atoms with Gasteiger partial charge in [-0.15, -0.1) is 11.3 Å². The molecule has 0 spiro atoms. The first kappa shape index (κ1) is 14.6. The number of aliphatic hydroxyl groups is 1. The van der Waals surface area contributed by atoms with Gasteiger partial charge in [0.25, 0.3) is 5.91 Å². The number of carbonyl (C=O) groups excluding carboxylic acids is 1. The number of thiophene rings is 1. The van der Waals surface area contributed by atoms with Crippen molar-refractivity contribution in [3.8, 4) is 0 Å². The van der Waals surface area contributed by atoms with Crippen molar-refractivity contribution < 1.29 is 9.90 Å². The third-order valence-electron chi connectivity index (χ3n) is 3.30. The van der Waals surface area contributed by atoms with Crippen LogP contribution >= 0.6 is 11.3 Å². The number of aliphatic hydroxyl groups excluding tert-OH is 1. The van der Waals surface area contributed by atoms with Crippen molar-refractivity contribution in [3.05, 3.63) is 51.7 Å². The third-order valence-corrected chi connectivity index (χ3v) is 4.36. The van der Waals surface area contributed by atoms with Crippen molar-refractivity contribution in [2.75, 3.05) is 12.3 Å². The van der Waals surface area contributed by atoms with E-state index in [4.69, 9.17) is 5.73 Å². The average Bonchev–Trinajstić information content (AvgIpc) is 2.79. The van der Waals surface area contributed by atoms with Gasteiger partial charge in [0, 0.05) is 10.6 Å². The Bertz CT molecular complexity index is 590. The highest BCUT2D eigenvalue weighted by atomic mass is 32.1. The lowest BCUT2D eigenvalue weighted by molar-refractivity contribution is 0.0854. The summed E-state index contributed by atoms with van der Waals surface area (Å²) in [6.45, 7) is 3.49. The molecule has 1 unspecified atom stereocenters. The lowest BCUT2D eigenvalue weighted by Gasteiger charge is -2.29. The van der Waals surface area contributed by atoms with Gasteiger partial charge in [0.2, 0.25) is 0 Å². The Hall–Kier alpha value is -1.85. The van der Waals surface area contributed by atoms with Crippen LogP contribution in [0.2, 0.25) is 0 Å². The molecule has 4 N–H and O–H groups in total. The van der Waals surface area contributed by atoms with Crippen LogP contribution in [0.15, 0.2) is 36.4 Å². The van der Waals surface area contributed by atoms with Crippen LogP contribution in [0.3, 0.4) is 0 Å². The molecular formula is C15H18N2O2S. The standard InChI is InChI=1S/C15H18N2O2S/c1-10-12(16)8-13(20-10)14(19)17-15(2,9-18)11-6-4-3-5-7-11/h3-8,18H,9,16H2,1-2H3,(H,17,19). The Balaban J connectivity index is 2.24. The van der Waals surface area contributed by atoms with Crippen LogP contribution < -0.4 is 11.1 Å². The molecule has 2 rings (SSSR count). The summed E-state index contributed by atoms with van der Waals surface area (Å²) in [7, 11) is 0. The van der Waals surface area contributed by atoms with Gasteiger partial charge in [-0.2, -0.15) is 0 Å². The lowest BCUT2D eigenvalue weighted by Crippen LogP contribution is -2.46. The Labute approximate surface area is 122 Å². The van der Waals surface area contributed by atoms with Gasteiger partial charge in [-0.05, 0) is 25.5 Å². The van der Waals surface area contributed by atoms with Crippen LogP contribution in [0.25, 0.3) is 0 Å². The first-order valence-electron chi connectivity index (χ1n) is 6.31. The van der Waals surface area contributed by atoms with E-state index in [2.05, 4.69) is 5.32 Å². The van der Waals surface area contributed by atoms with E-state index in [9.17, 15) is 9.90 Å². The van der Waals surface area contributed by atoms with E-state index in [-0.39, 0.29) is 12.5 Å². The predicted molar refractivity (Wildman–Crippen MR) is 81.8 cm³/mol. The Morgan fingerprint density at radius 1 is 1.40 bits per heavy atom. The number of rotatable bonds is 4. The molecule has 0 aliphatic heterocycles. The van der Waals surface area contributed by atoms with E-state index in [1.807, 2.05) is 37.3 Å². The third kappa shape index (κ3) is 2.84. The molecule has 20 heavy (non-hydrogen) atoms. The fraction of sp³-hybridized carbons (Fsp3) is 0.267. The molecule has 2 aromatic rings. The molecule has 0 saturated heterocycles. The van der Waals surface area contributed by atoms with E-state index >= 15 is 0 Å². The van der Waals surface area contributed by atoms with Crippen LogP contribution in [0, 0.1) is 6.92 Å². The number of hydrogen-bond donors (Lipinski definition) is 3. The van der Waals surface area contributed by atoms with Gasteiger partial charge >= 0.3 is 0 Å². The number of nitrogen functional groups attached to an aromatic ring is 1. The van der Waals surface area contributed by atoms with Crippen LogP contribution in [-0.4, -0.2) is 17.6 Å². The van der Waals surface area contributed by atoms with Crippen molar-refractivity contribution >= 4 is 22.9 Å². The van der Waals surface area contributed by atoms with E-state index in [1.54, 1.807) is 13.0 Å². The summed E-state index contributed by atoms with van der Waals surface area (Å²) in [5.41, 5.74) is 6.43. The minimum absolute atomic E-state index is 0.178. The summed E-state index contributed by atoms with van der Waals surface area (Å²) in [6.07, 6.45) is 0. The van der Waals surface area contributed by atoms with Crippen LogP contribution in [-0.2, 0) is 5.54 Å². The Morgan fingerprint density at radius 2 is 2.05 bits per heavy atom. The monoisotopic (exact) mass is 290 g/mol. The smallest absolute Gasteiger partial charge is 0.262 e. The van der Waals surface area contributed by atoms with Gasteiger partial charge in [0.1, 0.15) is 0 Å². The van der Waals surface area contributed by atoms with Crippen molar-refractivity contribution in [2.24, 2.45) is 0 Å². The summed E-state index contributed by atoms with van der Waals surface area (Å²) in [6, 6.07) is 11.1. The van der Waals surface area contributed by atoms with Gasteiger partial charge in [-0.25, -0.2) is 0 Å². The number of anilines is 1. The second kappa shape index (κ2) is 5.64. The van der Waals surface area contributed by atoms with Gasteiger partial charge in [0.15, 0.2) is 0 Å². The average molecular weight is 290 g/mol. The second-order valence-corrected chi connectivity index (χ2v) is 6.19. The van der Waals surface area contributed by atoms with Gasteiger partial charge in [-0.3, -0.25) is 4.79 Å². The van der Waals surface area contributed by atoms with Crippen LogP contribution in [0.5, 0.6) is 0 Å². The SMILES string of the molecule is Cc1sc(C(=O)NC(C)(CO)c2ccccc2)cc1N. The Morgan fingerprint density at radius 3 is 2.55 bits per heavy atom. The van der Waals surface area contributed by atoms with Crippen molar-refractivity contribution in [1.29, 1.82) is 0 Å². The van der Waals surface area contributed by atoms with E-state index in [0.29, 0.717) is 10.6 Å². The zero-order valence-corrected chi connectivity index (χ0v) is 12.3. The summed E-state index contributed by atoms with van der Waals surface area (Å²) in [4.78, 5) is 13.8. The van der Waals surface area contributed by atoms with Crippen molar-refractivity contribution in [1.82, 2.24) is 5.32 Å². The van der Waals surface area contributed by atoms with Crippen LogP contribution in [0.4, 0.5) is 5.69 Å². The van der Waals surface area contributed by atoms with Gasteiger partial charge < -0.3 is 16.2 Å². The van der Waals surface area contributed by atoms with E-state index in [1.165, 1.54) is 11.3 Å². The maximum atomic E-state index is 12.3. The molecular weight excluding hydrogens is 272 g/mol. The molecule has 0 aliphatic carbocycles. The maximum absolute atomic E-state index is 12.3. The fourth-order valence-corrected chi connectivity index (χ4v) is 2.77. The minimum Gasteiger partial charge on any atom is -0.398 e. The number of nitrogens with one attached hydrogen (secondary N) is 1. The molecule has 1 heterocycles. The molecule has 1 aromatic heterocycles. The quantitative estimate of drug-likeness (QED) is 0.808. The van der Waals surface area contributed by atoms with E-state index in [0.717, 1.165) is 10.4 Å². The van der Waals surface area contributed by atoms with Gasteiger partial charge in [0.05, 0.1) is 17.0 Å². The van der Waals surface area contributed by atoms with E-state index < -0.39 is 5.54 Å². The first-order valence-corrected chi connectivity index (χ1v) is 7.13. The highest BCUT2D eigenvalue weighted by Crippen LogP contribution is 2.25. The number of amides is 1. The van der Waals surface area contributed by atoms with Gasteiger partial charge in [-0.1, -0.05) is 30.3 Å². The molecule has 0 aliphatic rings. The molecule has 106 valence electrons. The van der Waals surface area contributed by atoms with Crippen molar-refractivity contribution in [2.45, 2.75) is 19.4 Å². The molecule has 0 radical (unpaired) electrons. The summed E-state index contributed by atoms with van der Waals surface area (Å²) in [5.74, 6) is -0.227. The molecule has 0 bridgehead atoms. The summed E-state index contributed by atoms with van der Waals surface area (Å²) < 4.78 is 0. The molecule has 0 saturated carbocycles. The normalized spacial score (nSPS) is 13.8. The number of nitrogens with two attached hydrogens (primary N) is 1. The molecule has 1 aromatic carbocycles. The molecule has 0 fully saturated rings. The number of aryl methyl sites for hydroxylation is 1. The molecule has 4 nitrogen and oxygen atoms in total. The fourth-order valence-electron chi connectivity index (χ4n) is 1.93. The molecule has 1 amide bonds. The number of benzene rings is 1. The minimum atomic E-state index is -0.814. The largest absolute Gasteiger partial charge is 0.398 e.